The van der Waals surface area contributed by atoms with E-state index < -0.39 is 0 Å². The summed E-state index contributed by atoms with van der Waals surface area (Å²) in [4.78, 5) is 12.7. The molecule has 5 heteroatoms. The van der Waals surface area contributed by atoms with E-state index in [0.717, 1.165) is 11.5 Å². The van der Waals surface area contributed by atoms with Gasteiger partial charge in [-0.3, -0.25) is 5.10 Å². The fourth-order valence-corrected chi connectivity index (χ4v) is 1.18. The van der Waals surface area contributed by atoms with Gasteiger partial charge in [0.2, 0.25) is 0 Å². The second-order valence-corrected chi connectivity index (χ2v) is 4.35. The molecule has 0 unspecified atom stereocenters. The maximum Gasteiger partial charge on any atom is 0.174 e. The molecule has 0 fully saturated rings. The summed E-state index contributed by atoms with van der Waals surface area (Å²) in [6.45, 7) is 6.23. The first-order chi connectivity index (χ1) is 7.07. The topological polar surface area (TPSA) is 67.3 Å². The molecule has 0 aliphatic carbocycles. The van der Waals surface area contributed by atoms with E-state index >= 15 is 0 Å². The first-order valence-electron chi connectivity index (χ1n) is 4.76. The maximum absolute atomic E-state index is 4.44. The summed E-state index contributed by atoms with van der Waals surface area (Å²) in [6, 6.07) is 1.82. The number of aromatic nitrogens is 5. The molecule has 5 nitrogen and oxygen atoms in total. The van der Waals surface area contributed by atoms with Crippen LogP contribution in [0.3, 0.4) is 0 Å². The summed E-state index contributed by atoms with van der Waals surface area (Å²) in [5.41, 5.74) is 0.711. The molecule has 2 aromatic rings. The minimum Gasteiger partial charge on any atom is -0.258 e. The minimum absolute atomic E-state index is 0.0595. The predicted molar refractivity (Wildman–Crippen MR) is 56.1 cm³/mol. The van der Waals surface area contributed by atoms with E-state index in [1.54, 1.807) is 6.20 Å². The van der Waals surface area contributed by atoms with Gasteiger partial charge in [-0.05, 0) is 6.07 Å². The van der Waals surface area contributed by atoms with Gasteiger partial charge in [-0.15, -0.1) is 0 Å². The Hall–Kier alpha value is -1.78. The molecule has 0 spiro atoms. The molecule has 15 heavy (non-hydrogen) atoms. The lowest BCUT2D eigenvalue weighted by Crippen LogP contribution is -2.16. The highest BCUT2D eigenvalue weighted by molar-refractivity contribution is 5.47. The molecule has 0 bridgehead atoms. The molecule has 0 aliphatic heterocycles. The van der Waals surface area contributed by atoms with E-state index in [9.17, 15) is 0 Å². The van der Waals surface area contributed by atoms with Crippen molar-refractivity contribution in [3.05, 3.63) is 24.4 Å². The van der Waals surface area contributed by atoms with E-state index in [2.05, 4.69) is 45.9 Å². The van der Waals surface area contributed by atoms with Gasteiger partial charge in [-0.2, -0.15) is 5.10 Å². The van der Waals surface area contributed by atoms with Gasteiger partial charge in [0.1, 0.15) is 17.8 Å². The van der Waals surface area contributed by atoms with Crippen LogP contribution in [0.4, 0.5) is 0 Å². The second kappa shape index (κ2) is 3.42. The van der Waals surface area contributed by atoms with Gasteiger partial charge in [-0.1, -0.05) is 20.8 Å². The Kier molecular flexibility index (Phi) is 2.22. The third-order valence-corrected chi connectivity index (χ3v) is 1.98. The highest BCUT2D eigenvalue weighted by atomic mass is 15.2. The van der Waals surface area contributed by atoms with Gasteiger partial charge in [0.05, 0.1) is 0 Å². The molecule has 0 atom stereocenters. The van der Waals surface area contributed by atoms with Crippen LogP contribution < -0.4 is 0 Å². The molecule has 78 valence electrons. The van der Waals surface area contributed by atoms with Crippen LogP contribution in [0.2, 0.25) is 0 Å². The minimum atomic E-state index is -0.0595. The van der Waals surface area contributed by atoms with Crippen molar-refractivity contribution in [1.82, 2.24) is 25.1 Å². The molecule has 2 rings (SSSR count). The first-order valence-corrected chi connectivity index (χ1v) is 4.76. The van der Waals surface area contributed by atoms with Crippen molar-refractivity contribution in [2.75, 3.05) is 0 Å². The van der Waals surface area contributed by atoms with Gasteiger partial charge in [0.25, 0.3) is 0 Å². The third-order valence-electron chi connectivity index (χ3n) is 1.98. The van der Waals surface area contributed by atoms with Crippen LogP contribution >= 0.6 is 0 Å². The van der Waals surface area contributed by atoms with Crippen LogP contribution in [-0.2, 0) is 5.41 Å². The summed E-state index contributed by atoms with van der Waals surface area (Å²) < 4.78 is 0. The molecular formula is C10H13N5. The number of nitrogens with zero attached hydrogens (tertiary/aromatic N) is 4. The van der Waals surface area contributed by atoms with Gasteiger partial charge in [0.15, 0.2) is 5.82 Å². The Bertz CT molecular complexity index is 441. The second-order valence-electron chi connectivity index (χ2n) is 4.35. The van der Waals surface area contributed by atoms with Crippen molar-refractivity contribution in [2.45, 2.75) is 26.2 Å². The lowest BCUT2D eigenvalue weighted by Gasteiger charge is -2.16. The van der Waals surface area contributed by atoms with E-state index in [1.165, 1.54) is 6.33 Å². The molecule has 2 heterocycles. The summed E-state index contributed by atoms with van der Waals surface area (Å²) in [6.07, 6.45) is 3.21. The zero-order chi connectivity index (χ0) is 10.9. The molecule has 0 saturated carbocycles. The highest BCUT2D eigenvalue weighted by Crippen LogP contribution is 2.19. The molecule has 0 saturated heterocycles. The Morgan fingerprint density at radius 2 is 2.00 bits per heavy atom. The van der Waals surface area contributed by atoms with Gasteiger partial charge in [0, 0.05) is 11.6 Å². The highest BCUT2D eigenvalue weighted by Gasteiger charge is 2.18. The number of aromatic amines is 1. The van der Waals surface area contributed by atoms with Crippen LogP contribution in [0.15, 0.2) is 18.6 Å². The van der Waals surface area contributed by atoms with E-state index in [4.69, 9.17) is 0 Å². The number of hydrogen-bond acceptors (Lipinski definition) is 4. The lowest BCUT2D eigenvalue weighted by molar-refractivity contribution is 0.545. The van der Waals surface area contributed by atoms with Crippen molar-refractivity contribution < 1.29 is 0 Å². The number of H-pyrrole nitrogens is 1. The van der Waals surface area contributed by atoms with E-state index in [0.29, 0.717) is 5.82 Å². The Balaban J connectivity index is 2.44. The van der Waals surface area contributed by atoms with Crippen molar-refractivity contribution in [1.29, 1.82) is 0 Å². The molecule has 0 radical (unpaired) electrons. The molecule has 0 amide bonds. The Labute approximate surface area is 88.0 Å². The average Bonchev–Trinajstić information content (AvgIpc) is 2.69. The normalized spacial score (nSPS) is 11.7. The monoisotopic (exact) mass is 203 g/mol. The molecular weight excluding hydrogens is 190 g/mol. The van der Waals surface area contributed by atoms with Crippen LogP contribution in [0.5, 0.6) is 0 Å². The predicted octanol–water partition coefficient (Wildman–Crippen LogP) is 1.56. The standard InChI is InChI=1S/C10H13N5/c1-10(2,3)9-11-5-4-7(14-9)8-12-6-13-15-8/h4-6H,1-3H3,(H,12,13,15). The van der Waals surface area contributed by atoms with Crippen molar-refractivity contribution in [3.8, 4) is 11.5 Å². The zero-order valence-corrected chi connectivity index (χ0v) is 9.02. The molecule has 1 N–H and O–H groups in total. The Morgan fingerprint density at radius 1 is 1.20 bits per heavy atom. The third kappa shape index (κ3) is 2.01. The summed E-state index contributed by atoms with van der Waals surface area (Å²) in [5.74, 6) is 1.47. The van der Waals surface area contributed by atoms with Gasteiger partial charge >= 0.3 is 0 Å². The summed E-state index contributed by atoms with van der Waals surface area (Å²) in [5, 5.41) is 6.57. The molecule has 0 aliphatic rings. The summed E-state index contributed by atoms with van der Waals surface area (Å²) >= 11 is 0. The van der Waals surface area contributed by atoms with Crippen molar-refractivity contribution in [3.63, 3.8) is 0 Å². The van der Waals surface area contributed by atoms with Crippen molar-refractivity contribution >= 4 is 0 Å². The van der Waals surface area contributed by atoms with Gasteiger partial charge < -0.3 is 0 Å². The van der Waals surface area contributed by atoms with E-state index in [1.807, 2.05) is 6.07 Å². The smallest absolute Gasteiger partial charge is 0.174 e. The summed E-state index contributed by atoms with van der Waals surface area (Å²) in [7, 11) is 0. The molecule has 2 aromatic heterocycles. The van der Waals surface area contributed by atoms with Crippen LogP contribution in [0.1, 0.15) is 26.6 Å². The molecule has 0 aromatic carbocycles. The fourth-order valence-electron chi connectivity index (χ4n) is 1.18. The van der Waals surface area contributed by atoms with Crippen LogP contribution in [0.25, 0.3) is 11.5 Å². The SMILES string of the molecule is CC(C)(C)c1nccc(-c2ncn[nH]2)n1. The van der Waals surface area contributed by atoms with Gasteiger partial charge in [-0.25, -0.2) is 15.0 Å². The number of rotatable bonds is 1. The lowest BCUT2D eigenvalue weighted by atomic mass is 9.95. The quantitative estimate of drug-likeness (QED) is 0.763. The van der Waals surface area contributed by atoms with Crippen LogP contribution in [-0.4, -0.2) is 25.1 Å². The largest absolute Gasteiger partial charge is 0.258 e. The van der Waals surface area contributed by atoms with Crippen molar-refractivity contribution in [2.24, 2.45) is 0 Å². The van der Waals surface area contributed by atoms with E-state index in [-0.39, 0.29) is 5.41 Å². The Morgan fingerprint density at radius 3 is 2.60 bits per heavy atom. The maximum atomic E-state index is 4.44. The zero-order valence-electron chi connectivity index (χ0n) is 9.02. The first kappa shape index (κ1) is 9.76. The average molecular weight is 203 g/mol. The number of nitrogens with one attached hydrogen (secondary N) is 1. The fraction of sp³-hybridized carbons (Fsp3) is 0.400. The number of hydrogen-bond donors (Lipinski definition) is 1. The van der Waals surface area contributed by atoms with Crippen LogP contribution in [0, 0.1) is 0 Å².